The van der Waals surface area contributed by atoms with Crippen LogP contribution in [0.4, 0.5) is 0 Å². The van der Waals surface area contributed by atoms with Gasteiger partial charge in [0.05, 0.1) is 11.8 Å². The van der Waals surface area contributed by atoms with Crippen LogP contribution in [0.15, 0.2) is 24.3 Å². The van der Waals surface area contributed by atoms with Gasteiger partial charge in [0.1, 0.15) is 0 Å². The average Bonchev–Trinajstić information content (AvgIpc) is 2.41. The molecule has 0 heterocycles. The Labute approximate surface area is 125 Å². The quantitative estimate of drug-likeness (QED) is 0.668. The summed E-state index contributed by atoms with van der Waals surface area (Å²) in [6.45, 7) is 4.13. The molecule has 0 atom stereocenters. The molecular weight excluding hydrogens is 292 g/mol. The Kier molecular flexibility index (Phi) is 6.80. The SMILES string of the molecule is CCN(CCCNCc1ccc(C(=O)O)cc1)S(C)(=O)=O. The summed E-state index contributed by atoms with van der Waals surface area (Å²) in [4.78, 5) is 10.7. The van der Waals surface area contributed by atoms with Crippen molar-refractivity contribution in [1.82, 2.24) is 9.62 Å². The lowest BCUT2D eigenvalue weighted by atomic mass is 10.1. The zero-order chi connectivity index (χ0) is 15.9. The smallest absolute Gasteiger partial charge is 0.335 e. The molecule has 0 radical (unpaired) electrons. The molecule has 0 saturated carbocycles. The monoisotopic (exact) mass is 314 g/mol. The largest absolute Gasteiger partial charge is 0.478 e. The number of sulfonamides is 1. The maximum absolute atomic E-state index is 11.4. The van der Waals surface area contributed by atoms with Crippen molar-refractivity contribution in [2.24, 2.45) is 0 Å². The van der Waals surface area contributed by atoms with E-state index in [0.717, 1.165) is 12.0 Å². The Bertz CT molecular complexity index is 555. The van der Waals surface area contributed by atoms with Gasteiger partial charge in [0.2, 0.25) is 10.0 Å². The van der Waals surface area contributed by atoms with Crippen LogP contribution in [0.3, 0.4) is 0 Å². The van der Waals surface area contributed by atoms with E-state index in [1.165, 1.54) is 10.6 Å². The predicted molar refractivity (Wildman–Crippen MR) is 81.8 cm³/mol. The topological polar surface area (TPSA) is 86.7 Å². The van der Waals surface area contributed by atoms with Crippen LogP contribution >= 0.6 is 0 Å². The lowest BCUT2D eigenvalue weighted by Crippen LogP contribution is -2.32. The molecule has 0 aliphatic carbocycles. The third kappa shape index (κ3) is 6.24. The highest BCUT2D eigenvalue weighted by Gasteiger charge is 2.12. The number of benzene rings is 1. The molecule has 2 N–H and O–H groups in total. The first-order valence-electron chi connectivity index (χ1n) is 6.82. The van der Waals surface area contributed by atoms with Gasteiger partial charge < -0.3 is 10.4 Å². The van der Waals surface area contributed by atoms with E-state index in [1.807, 2.05) is 6.92 Å². The second-order valence-electron chi connectivity index (χ2n) is 4.79. The fraction of sp³-hybridized carbons (Fsp3) is 0.500. The molecule has 21 heavy (non-hydrogen) atoms. The number of carboxylic acid groups (broad SMARTS) is 1. The number of carbonyl (C=O) groups is 1. The van der Waals surface area contributed by atoms with Crippen LogP contribution in [0.1, 0.15) is 29.3 Å². The molecule has 7 heteroatoms. The van der Waals surface area contributed by atoms with Crippen LogP contribution in [-0.4, -0.2) is 49.7 Å². The van der Waals surface area contributed by atoms with Gasteiger partial charge in [-0.2, -0.15) is 0 Å². The molecule has 118 valence electrons. The Morgan fingerprint density at radius 2 is 1.90 bits per heavy atom. The summed E-state index contributed by atoms with van der Waals surface area (Å²) in [7, 11) is -3.12. The molecule has 0 bridgehead atoms. The summed E-state index contributed by atoms with van der Waals surface area (Å²) >= 11 is 0. The number of nitrogens with zero attached hydrogens (tertiary/aromatic N) is 1. The third-order valence-corrected chi connectivity index (χ3v) is 4.49. The van der Waals surface area contributed by atoms with Gasteiger partial charge in [0.25, 0.3) is 0 Å². The highest BCUT2D eigenvalue weighted by atomic mass is 32.2. The minimum absolute atomic E-state index is 0.269. The van der Waals surface area contributed by atoms with Crippen molar-refractivity contribution >= 4 is 16.0 Å². The zero-order valence-corrected chi connectivity index (χ0v) is 13.2. The van der Waals surface area contributed by atoms with Gasteiger partial charge in [-0.3, -0.25) is 0 Å². The normalized spacial score (nSPS) is 11.8. The number of rotatable bonds is 9. The van der Waals surface area contributed by atoms with E-state index in [-0.39, 0.29) is 5.56 Å². The average molecular weight is 314 g/mol. The molecule has 6 nitrogen and oxygen atoms in total. The Balaban J connectivity index is 2.29. The summed E-state index contributed by atoms with van der Waals surface area (Å²) in [6, 6.07) is 6.68. The molecule has 0 fully saturated rings. The minimum Gasteiger partial charge on any atom is -0.478 e. The minimum atomic E-state index is -3.12. The van der Waals surface area contributed by atoms with E-state index < -0.39 is 16.0 Å². The molecule has 0 unspecified atom stereocenters. The maximum atomic E-state index is 11.4. The molecule has 1 rings (SSSR count). The molecule has 0 aliphatic heterocycles. The van der Waals surface area contributed by atoms with E-state index in [0.29, 0.717) is 26.2 Å². The molecule has 0 spiro atoms. The van der Waals surface area contributed by atoms with Crippen molar-refractivity contribution in [2.45, 2.75) is 19.9 Å². The Morgan fingerprint density at radius 1 is 1.29 bits per heavy atom. The fourth-order valence-corrected chi connectivity index (χ4v) is 2.87. The second-order valence-corrected chi connectivity index (χ2v) is 6.77. The lowest BCUT2D eigenvalue weighted by molar-refractivity contribution is 0.0697. The van der Waals surface area contributed by atoms with E-state index in [4.69, 9.17) is 5.11 Å². The van der Waals surface area contributed by atoms with Gasteiger partial charge in [-0.05, 0) is 30.7 Å². The molecule has 0 amide bonds. The molecular formula is C14H22N2O4S. The predicted octanol–water partition coefficient (Wildman–Crippen LogP) is 1.15. The molecule has 0 aromatic heterocycles. The number of hydrogen-bond acceptors (Lipinski definition) is 4. The van der Waals surface area contributed by atoms with Gasteiger partial charge in [-0.1, -0.05) is 19.1 Å². The molecule has 1 aromatic rings. The number of aromatic carboxylic acids is 1. The van der Waals surface area contributed by atoms with Crippen molar-refractivity contribution in [3.63, 3.8) is 0 Å². The summed E-state index contributed by atoms with van der Waals surface area (Å²) in [5, 5.41) is 12.0. The Morgan fingerprint density at radius 3 is 2.38 bits per heavy atom. The van der Waals surface area contributed by atoms with Gasteiger partial charge in [-0.15, -0.1) is 0 Å². The van der Waals surface area contributed by atoms with E-state index >= 15 is 0 Å². The van der Waals surface area contributed by atoms with Crippen LogP contribution in [0.2, 0.25) is 0 Å². The van der Waals surface area contributed by atoms with E-state index in [2.05, 4.69) is 5.32 Å². The summed E-state index contributed by atoms with van der Waals surface area (Å²) in [5.74, 6) is -0.935. The first kappa shape index (κ1) is 17.6. The van der Waals surface area contributed by atoms with Gasteiger partial charge >= 0.3 is 5.97 Å². The van der Waals surface area contributed by atoms with Crippen LogP contribution in [0.5, 0.6) is 0 Å². The zero-order valence-electron chi connectivity index (χ0n) is 12.4. The van der Waals surface area contributed by atoms with Gasteiger partial charge in [0.15, 0.2) is 0 Å². The fourth-order valence-electron chi connectivity index (χ4n) is 1.94. The van der Waals surface area contributed by atoms with Crippen molar-refractivity contribution in [1.29, 1.82) is 0 Å². The second kappa shape index (κ2) is 8.11. The van der Waals surface area contributed by atoms with Crippen molar-refractivity contribution in [3.8, 4) is 0 Å². The van der Waals surface area contributed by atoms with Crippen LogP contribution < -0.4 is 5.32 Å². The third-order valence-electron chi connectivity index (χ3n) is 3.11. The number of nitrogens with one attached hydrogen (secondary N) is 1. The summed E-state index contributed by atoms with van der Waals surface area (Å²) in [6.07, 6.45) is 1.95. The molecule has 0 aliphatic rings. The van der Waals surface area contributed by atoms with Crippen molar-refractivity contribution in [2.75, 3.05) is 25.9 Å². The maximum Gasteiger partial charge on any atom is 0.335 e. The number of carboxylic acids is 1. The van der Waals surface area contributed by atoms with Crippen molar-refractivity contribution in [3.05, 3.63) is 35.4 Å². The summed E-state index contributed by atoms with van der Waals surface area (Å²) < 4.78 is 24.2. The molecule has 0 saturated heterocycles. The van der Waals surface area contributed by atoms with Crippen molar-refractivity contribution < 1.29 is 18.3 Å². The highest BCUT2D eigenvalue weighted by Crippen LogP contribution is 2.04. The highest BCUT2D eigenvalue weighted by molar-refractivity contribution is 7.88. The van der Waals surface area contributed by atoms with E-state index in [9.17, 15) is 13.2 Å². The number of hydrogen-bond donors (Lipinski definition) is 2. The van der Waals surface area contributed by atoms with Gasteiger partial charge in [-0.25, -0.2) is 17.5 Å². The molecule has 1 aromatic carbocycles. The summed E-state index contributed by atoms with van der Waals surface area (Å²) in [5.41, 5.74) is 1.26. The van der Waals surface area contributed by atoms with Crippen LogP contribution in [0, 0.1) is 0 Å². The van der Waals surface area contributed by atoms with E-state index in [1.54, 1.807) is 24.3 Å². The lowest BCUT2D eigenvalue weighted by Gasteiger charge is -2.17. The Hall–Kier alpha value is -1.44. The van der Waals surface area contributed by atoms with Gasteiger partial charge in [0, 0.05) is 19.6 Å². The standard InChI is InChI=1S/C14H22N2O4S/c1-3-16(21(2,19)20)10-4-9-15-11-12-5-7-13(8-6-12)14(17)18/h5-8,15H,3-4,9-11H2,1-2H3,(H,17,18). The van der Waals surface area contributed by atoms with Crippen LogP contribution in [0.25, 0.3) is 0 Å². The first-order chi connectivity index (χ1) is 9.84. The van der Waals surface area contributed by atoms with Crippen LogP contribution in [-0.2, 0) is 16.6 Å². The first-order valence-corrected chi connectivity index (χ1v) is 8.67.